The van der Waals surface area contributed by atoms with Gasteiger partial charge in [-0.2, -0.15) is 0 Å². The van der Waals surface area contributed by atoms with Crippen LogP contribution >= 0.6 is 0 Å². The molecule has 2 unspecified atom stereocenters. The molecule has 26 heteroatoms. The van der Waals surface area contributed by atoms with E-state index >= 15 is 0 Å². The maximum atomic E-state index is 13.5. The number of nitrogens with one attached hydrogen (secondary N) is 4. The van der Waals surface area contributed by atoms with Crippen LogP contribution in [0.25, 0.3) is 0 Å². The Balaban J connectivity index is 1.32. The minimum absolute atomic E-state index is 0.00601. The van der Waals surface area contributed by atoms with E-state index in [1.165, 1.54) is 72.8 Å². The Morgan fingerprint density at radius 1 is 0.514 bits per heavy atom. The number of carbonyl (C=O) groups is 4. The molecule has 2 amide bonds. The average molecular weight is 1020 g/mol. The Morgan fingerprint density at radius 2 is 0.829 bits per heavy atom. The summed E-state index contributed by atoms with van der Waals surface area (Å²) in [5.41, 5.74) is -2.17. The third-order valence-electron chi connectivity index (χ3n) is 8.81. The first-order chi connectivity index (χ1) is 32.7. The van der Waals surface area contributed by atoms with Crippen molar-refractivity contribution in [1.82, 2.24) is 20.1 Å². The molecule has 0 aliphatic carbocycles. The van der Waals surface area contributed by atoms with Crippen LogP contribution in [0.15, 0.2) is 97.1 Å². The minimum atomic E-state index is -4.51. The molecular formula is C44H52N6O18S2. The quantitative estimate of drug-likeness (QED) is 0.0232. The molecule has 4 aromatic rings. The Morgan fingerprint density at radius 3 is 1.11 bits per heavy atom. The van der Waals surface area contributed by atoms with Crippen LogP contribution in [-0.2, 0) is 39.0 Å². The largest absolute Gasteiger partial charge is 0.443 e. The second-order valence-electron chi connectivity index (χ2n) is 16.7. The lowest BCUT2D eigenvalue weighted by Gasteiger charge is -2.23. The number of carbonyl (C=O) groups excluding carboxylic acids is 4. The van der Waals surface area contributed by atoms with Crippen molar-refractivity contribution in [2.45, 2.75) is 63.5 Å². The Kier molecular flexibility index (Phi) is 19.4. The van der Waals surface area contributed by atoms with Gasteiger partial charge in [-0.1, -0.05) is 24.3 Å². The van der Waals surface area contributed by atoms with E-state index in [0.29, 0.717) is 0 Å². The molecule has 70 heavy (non-hydrogen) atoms. The molecule has 0 aromatic heterocycles. The van der Waals surface area contributed by atoms with E-state index in [0.717, 1.165) is 24.3 Å². The number of nitro benzene ring substituents is 2. The van der Waals surface area contributed by atoms with Gasteiger partial charge >= 0.3 is 24.1 Å². The summed E-state index contributed by atoms with van der Waals surface area (Å²) in [6.07, 6.45) is -2.45. The van der Waals surface area contributed by atoms with Gasteiger partial charge in [0.2, 0.25) is 0 Å². The maximum Gasteiger partial charge on any atom is 0.421 e. The molecule has 0 bridgehead atoms. The van der Waals surface area contributed by atoms with Crippen molar-refractivity contribution < 1.29 is 74.3 Å². The number of sulfonamides is 2. The third-order valence-corrected chi connectivity index (χ3v) is 11.8. The van der Waals surface area contributed by atoms with Crippen molar-refractivity contribution in [1.29, 1.82) is 0 Å². The molecule has 4 rings (SSSR count). The first-order valence-corrected chi connectivity index (χ1v) is 24.1. The molecule has 378 valence electrons. The molecule has 0 saturated heterocycles. The lowest BCUT2D eigenvalue weighted by molar-refractivity contribution is -0.385. The SMILES string of the molecule is CC(C)(C)OC(=O)NS(=O)(=O)C(NCCOCCOCCNC(c1ccc(OC(=O)c2ccc([N+](=O)[O-])cc2)cc1)S(=O)(=O)NC(=O)OC(C)(C)C)c1ccc(OC(=O)c2ccc([N+](=O)[O-])cc2)cc1. The van der Waals surface area contributed by atoms with Crippen molar-refractivity contribution in [2.24, 2.45) is 0 Å². The highest BCUT2D eigenvalue weighted by atomic mass is 32.2. The number of ether oxygens (including phenoxy) is 6. The predicted octanol–water partition coefficient (Wildman–Crippen LogP) is 5.56. The number of esters is 2. The third kappa shape index (κ3) is 18.1. The van der Waals surface area contributed by atoms with Crippen LogP contribution in [0.2, 0.25) is 0 Å². The first kappa shape index (κ1) is 55.5. The summed E-state index contributed by atoms with van der Waals surface area (Å²) < 4.78 is 89.8. The van der Waals surface area contributed by atoms with Gasteiger partial charge in [0.25, 0.3) is 31.4 Å². The van der Waals surface area contributed by atoms with E-state index in [1.54, 1.807) is 41.5 Å². The fraction of sp³-hybridized carbons (Fsp3) is 0.364. The van der Waals surface area contributed by atoms with E-state index in [9.17, 15) is 56.2 Å². The summed E-state index contributed by atoms with van der Waals surface area (Å²) in [6.45, 7) is 9.07. The zero-order valence-corrected chi connectivity index (χ0v) is 40.3. The van der Waals surface area contributed by atoms with Gasteiger partial charge in [0, 0.05) is 37.4 Å². The molecule has 4 N–H and O–H groups in total. The van der Waals surface area contributed by atoms with Crippen LogP contribution in [0.5, 0.6) is 11.5 Å². The second-order valence-corrected chi connectivity index (χ2v) is 20.2. The van der Waals surface area contributed by atoms with Crippen LogP contribution in [-0.4, -0.2) is 102 Å². The predicted molar refractivity (Wildman–Crippen MR) is 249 cm³/mol. The fourth-order valence-electron chi connectivity index (χ4n) is 5.80. The molecule has 0 heterocycles. The van der Waals surface area contributed by atoms with Gasteiger partial charge in [0.15, 0.2) is 10.7 Å². The topological polar surface area (TPSA) is 326 Å². The first-order valence-electron chi connectivity index (χ1n) is 21.0. The lowest BCUT2D eigenvalue weighted by Crippen LogP contribution is -2.43. The molecule has 24 nitrogen and oxygen atoms in total. The highest BCUT2D eigenvalue weighted by Crippen LogP contribution is 2.26. The van der Waals surface area contributed by atoms with Crippen molar-refractivity contribution >= 4 is 55.5 Å². The summed E-state index contributed by atoms with van der Waals surface area (Å²) in [5, 5.41) is 24.4. The standard InChI is InChI=1S/C44H52N6O18S2/c1-43(2,3)67-41(53)47-69(59,60)37(29-11-19-35(20-12-29)65-39(51)31-7-15-33(16-8-31)49(55)56)45-23-25-63-27-28-64-26-24-46-38(70(61,62)48-42(54)68-44(4,5)6)30-13-21-36(22-14-30)66-40(52)32-9-17-34(18-10-32)50(57)58/h7-22,37-38,45-46H,23-28H2,1-6H3,(H,47,53)(H,48,54). The molecule has 0 saturated carbocycles. The minimum Gasteiger partial charge on any atom is -0.443 e. The number of rotatable bonds is 23. The number of nitrogens with zero attached hydrogens (tertiary/aromatic N) is 2. The molecule has 0 aliphatic rings. The molecule has 0 spiro atoms. The van der Waals surface area contributed by atoms with E-state index in [1.807, 2.05) is 9.44 Å². The molecule has 4 aromatic carbocycles. The zero-order chi connectivity index (χ0) is 51.9. The van der Waals surface area contributed by atoms with Crippen LogP contribution in [0.1, 0.15) is 84.1 Å². The van der Waals surface area contributed by atoms with Crippen molar-refractivity contribution in [2.75, 3.05) is 39.5 Å². The normalized spacial score (nSPS) is 12.7. The maximum absolute atomic E-state index is 13.5. The van der Waals surface area contributed by atoms with Crippen LogP contribution in [0, 0.1) is 20.2 Å². The monoisotopic (exact) mass is 1020 g/mol. The number of hydrogen-bond acceptors (Lipinski definition) is 20. The highest BCUT2D eigenvalue weighted by Gasteiger charge is 2.32. The van der Waals surface area contributed by atoms with Gasteiger partial charge in [-0.05, 0) is 101 Å². The number of non-ortho nitro benzene ring substituents is 2. The van der Waals surface area contributed by atoms with Gasteiger partial charge in [0.1, 0.15) is 22.7 Å². The average Bonchev–Trinajstić information content (AvgIpc) is 3.25. The fourth-order valence-corrected chi connectivity index (χ4v) is 8.29. The van der Waals surface area contributed by atoms with Crippen molar-refractivity contribution in [3.8, 4) is 11.5 Å². The van der Waals surface area contributed by atoms with Gasteiger partial charge < -0.3 is 28.4 Å². The molecule has 0 fully saturated rings. The molecular weight excluding hydrogens is 965 g/mol. The Labute approximate surface area is 402 Å². The molecule has 0 radical (unpaired) electrons. The molecule has 0 aliphatic heterocycles. The summed E-state index contributed by atoms with van der Waals surface area (Å²) in [4.78, 5) is 70.9. The van der Waals surface area contributed by atoms with Gasteiger partial charge in [-0.15, -0.1) is 0 Å². The zero-order valence-electron chi connectivity index (χ0n) is 38.7. The van der Waals surface area contributed by atoms with Gasteiger partial charge in [-0.25, -0.2) is 45.5 Å². The van der Waals surface area contributed by atoms with E-state index in [4.69, 9.17) is 28.4 Å². The number of nitro groups is 2. The van der Waals surface area contributed by atoms with Gasteiger partial charge in [0.05, 0.1) is 47.4 Å². The smallest absolute Gasteiger partial charge is 0.421 e. The van der Waals surface area contributed by atoms with Crippen molar-refractivity contribution in [3.05, 3.63) is 140 Å². The summed E-state index contributed by atoms with van der Waals surface area (Å²) in [6, 6.07) is 20.1. The van der Waals surface area contributed by atoms with E-state index < -0.39 is 76.0 Å². The second kappa shape index (κ2) is 24.4. The van der Waals surface area contributed by atoms with E-state index in [-0.39, 0.29) is 84.6 Å². The Bertz CT molecular complexity index is 2500. The number of amides is 2. The highest BCUT2D eigenvalue weighted by molar-refractivity contribution is 7.90. The van der Waals surface area contributed by atoms with Crippen LogP contribution in [0.3, 0.4) is 0 Å². The summed E-state index contributed by atoms with van der Waals surface area (Å²) >= 11 is 0. The summed E-state index contributed by atoms with van der Waals surface area (Å²) in [5.74, 6) is -1.61. The summed E-state index contributed by atoms with van der Waals surface area (Å²) in [7, 11) is -9.03. The van der Waals surface area contributed by atoms with Crippen molar-refractivity contribution in [3.63, 3.8) is 0 Å². The Hall–Kier alpha value is -7.10. The van der Waals surface area contributed by atoms with Crippen LogP contribution < -0.4 is 29.6 Å². The van der Waals surface area contributed by atoms with Gasteiger partial charge in [-0.3, -0.25) is 30.9 Å². The van der Waals surface area contributed by atoms with Crippen LogP contribution in [0.4, 0.5) is 21.0 Å². The number of benzene rings is 4. The van der Waals surface area contributed by atoms with E-state index in [2.05, 4.69) is 10.6 Å². The molecule has 2 atom stereocenters. The lowest BCUT2D eigenvalue weighted by atomic mass is 10.2. The number of hydrogen-bond donors (Lipinski definition) is 4.